The number of aromatic amines is 1. The van der Waals surface area contributed by atoms with Crippen molar-refractivity contribution in [1.29, 1.82) is 0 Å². The molecule has 0 amide bonds. The minimum Gasteiger partial charge on any atom is -0.347 e. The zero-order valence-corrected chi connectivity index (χ0v) is 19.9. The van der Waals surface area contributed by atoms with E-state index in [4.69, 9.17) is 0 Å². The summed E-state index contributed by atoms with van der Waals surface area (Å²) in [4.78, 5) is 0. The van der Waals surface area contributed by atoms with E-state index in [1.165, 1.54) is 10.9 Å². The van der Waals surface area contributed by atoms with Crippen LogP contribution in [0.4, 0.5) is 0 Å². The van der Waals surface area contributed by atoms with E-state index in [0.717, 1.165) is 29.7 Å². The zero-order chi connectivity index (χ0) is 23.1. The SMILES string of the molecule is CC1(C)CC(Cn2ccc3cc(-c4cn[nH]c4)ccc32)CN1S(=O)(=O)CCc1ccccc1. The Morgan fingerprint density at radius 1 is 1.09 bits per heavy atom. The first-order chi connectivity index (χ1) is 15.8. The molecule has 0 spiro atoms. The topological polar surface area (TPSA) is 71.0 Å². The molecule has 0 radical (unpaired) electrons. The molecular formula is C26H30N4O2S. The number of hydrogen-bond acceptors (Lipinski definition) is 3. The van der Waals surface area contributed by atoms with Gasteiger partial charge in [-0.25, -0.2) is 8.42 Å². The van der Waals surface area contributed by atoms with Gasteiger partial charge in [-0.05, 0) is 61.9 Å². The maximum absolute atomic E-state index is 13.2. The third kappa shape index (κ3) is 4.48. The Kier molecular flexibility index (Phi) is 5.62. The van der Waals surface area contributed by atoms with Crippen molar-refractivity contribution >= 4 is 20.9 Å². The van der Waals surface area contributed by atoms with Gasteiger partial charge in [0.2, 0.25) is 10.0 Å². The van der Waals surface area contributed by atoms with Gasteiger partial charge in [-0.15, -0.1) is 0 Å². The van der Waals surface area contributed by atoms with Gasteiger partial charge in [-0.1, -0.05) is 36.4 Å². The van der Waals surface area contributed by atoms with Crippen LogP contribution in [-0.4, -0.2) is 45.3 Å². The molecule has 0 saturated carbocycles. The molecule has 0 bridgehead atoms. The predicted molar refractivity (Wildman–Crippen MR) is 132 cm³/mol. The summed E-state index contributed by atoms with van der Waals surface area (Å²) in [6.45, 7) is 5.48. The van der Waals surface area contributed by atoms with E-state index in [2.05, 4.69) is 59.1 Å². The molecule has 2 aromatic carbocycles. The van der Waals surface area contributed by atoms with Crippen molar-refractivity contribution in [1.82, 2.24) is 19.1 Å². The lowest BCUT2D eigenvalue weighted by molar-refractivity contribution is 0.291. The van der Waals surface area contributed by atoms with Crippen molar-refractivity contribution in [3.8, 4) is 11.1 Å². The van der Waals surface area contributed by atoms with Crippen molar-refractivity contribution in [2.75, 3.05) is 12.3 Å². The Morgan fingerprint density at radius 2 is 1.91 bits per heavy atom. The summed E-state index contributed by atoms with van der Waals surface area (Å²) < 4.78 is 30.5. The quantitative estimate of drug-likeness (QED) is 0.433. The number of hydrogen-bond donors (Lipinski definition) is 1. The number of benzene rings is 2. The molecule has 4 aromatic rings. The van der Waals surface area contributed by atoms with E-state index >= 15 is 0 Å². The first-order valence-corrected chi connectivity index (χ1v) is 13.1. The lowest BCUT2D eigenvalue weighted by atomic mass is 9.97. The largest absolute Gasteiger partial charge is 0.347 e. The number of aryl methyl sites for hydroxylation is 1. The van der Waals surface area contributed by atoms with Gasteiger partial charge in [0.15, 0.2) is 0 Å². The molecule has 1 atom stereocenters. The van der Waals surface area contributed by atoms with Crippen LogP contribution in [0.5, 0.6) is 0 Å². The Labute approximate surface area is 195 Å². The van der Waals surface area contributed by atoms with Gasteiger partial charge in [0.1, 0.15) is 0 Å². The van der Waals surface area contributed by atoms with Crippen molar-refractivity contribution in [2.24, 2.45) is 5.92 Å². The van der Waals surface area contributed by atoms with Crippen molar-refractivity contribution in [3.05, 3.63) is 78.8 Å². The summed E-state index contributed by atoms with van der Waals surface area (Å²) in [6.07, 6.45) is 7.23. The second kappa shape index (κ2) is 8.47. The molecule has 172 valence electrons. The minimum atomic E-state index is -3.34. The summed E-state index contributed by atoms with van der Waals surface area (Å²) in [5.74, 6) is 0.423. The Hall–Kier alpha value is -2.90. The Morgan fingerprint density at radius 3 is 2.67 bits per heavy atom. The first-order valence-electron chi connectivity index (χ1n) is 11.4. The maximum atomic E-state index is 13.2. The molecule has 2 aromatic heterocycles. The second-order valence-electron chi connectivity index (χ2n) is 9.69. The van der Waals surface area contributed by atoms with E-state index in [1.807, 2.05) is 42.7 Å². The summed E-state index contributed by atoms with van der Waals surface area (Å²) in [7, 11) is -3.34. The van der Waals surface area contributed by atoms with Crippen molar-refractivity contribution < 1.29 is 8.42 Å². The monoisotopic (exact) mass is 462 g/mol. The average Bonchev–Trinajstić information content (AvgIpc) is 3.52. The predicted octanol–water partition coefficient (Wildman–Crippen LogP) is 4.70. The summed E-state index contributed by atoms with van der Waals surface area (Å²) in [5, 5.41) is 8.08. The maximum Gasteiger partial charge on any atom is 0.214 e. The van der Waals surface area contributed by atoms with Crippen LogP contribution in [0.2, 0.25) is 0 Å². The van der Waals surface area contributed by atoms with Crippen LogP contribution >= 0.6 is 0 Å². The fourth-order valence-corrected chi connectivity index (χ4v) is 7.17. The number of nitrogens with zero attached hydrogens (tertiary/aromatic N) is 3. The normalized spacial score (nSPS) is 18.8. The highest BCUT2D eigenvalue weighted by molar-refractivity contribution is 7.89. The third-order valence-electron chi connectivity index (χ3n) is 6.77. The molecule has 1 N–H and O–H groups in total. The zero-order valence-electron chi connectivity index (χ0n) is 19.1. The van der Waals surface area contributed by atoms with Gasteiger partial charge in [-0.2, -0.15) is 9.40 Å². The van der Waals surface area contributed by atoms with Gasteiger partial charge in [0.05, 0.1) is 11.9 Å². The number of aromatic nitrogens is 3. The second-order valence-corrected chi connectivity index (χ2v) is 11.7. The molecule has 7 heteroatoms. The van der Waals surface area contributed by atoms with Crippen LogP contribution in [0, 0.1) is 5.92 Å². The number of sulfonamides is 1. The van der Waals surface area contributed by atoms with Crippen LogP contribution in [0.25, 0.3) is 22.0 Å². The molecule has 6 nitrogen and oxygen atoms in total. The van der Waals surface area contributed by atoms with Gasteiger partial charge in [0, 0.05) is 47.5 Å². The molecule has 5 rings (SSSR count). The highest BCUT2D eigenvalue weighted by Gasteiger charge is 2.44. The summed E-state index contributed by atoms with van der Waals surface area (Å²) >= 11 is 0. The molecule has 1 unspecified atom stereocenters. The number of nitrogens with one attached hydrogen (secondary N) is 1. The van der Waals surface area contributed by atoms with Crippen LogP contribution in [0.3, 0.4) is 0 Å². The Balaban J connectivity index is 1.30. The molecule has 1 fully saturated rings. The van der Waals surface area contributed by atoms with E-state index in [9.17, 15) is 8.42 Å². The molecule has 1 aliphatic heterocycles. The molecule has 0 aliphatic carbocycles. The van der Waals surface area contributed by atoms with Crippen LogP contribution in [0.15, 0.2) is 73.2 Å². The molecular weight excluding hydrogens is 432 g/mol. The first kappa shape index (κ1) is 21.9. The number of fused-ring (bicyclic) bond motifs is 1. The minimum absolute atomic E-state index is 0.149. The fourth-order valence-electron chi connectivity index (χ4n) is 5.19. The lowest BCUT2D eigenvalue weighted by Gasteiger charge is -2.30. The van der Waals surface area contributed by atoms with Crippen LogP contribution in [0.1, 0.15) is 25.8 Å². The van der Waals surface area contributed by atoms with Gasteiger partial charge < -0.3 is 4.57 Å². The standard InChI is InChI=1S/C26H30N4O2S/c1-26(2)15-21(19-30(26)33(31,32)13-11-20-6-4-3-5-7-20)18-29-12-10-23-14-22(8-9-25(23)29)24-16-27-28-17-24/h3-10,12,14,16-17,21H,11,13,15,18-19H2,1-2H3,(H,27,28). The highest BCUT2D eigenvalue weighted by Crippen LogP contribution is 2.37. The molecule has 3 heterocycles. The molecule has 1 saturated heterocycles. The van der Waals surface area contributed by atoms with E-state index in [-0.39, 0.29) is 17.2 Å². The number of rotatable bonds is 7. The van der Waals surface area contributed by atoms with E-state index < -0.39 is 10.0 Å². The fraction of sp³-hybridized carbons (Fsp3) is 0.346. The highest BCUT2D eigenvalue weighted by atomic mass is 32.2. The lowest BCUT2D eigenvalue weighted by Crippen LogP contribution is -2.44. The van der Waals surface area contributed by atoms with Gasteiger partial charge >= 0.3 is 0 Å². The third-order valence-corrected chi connectivity index (χ3v) is 8.81. The van der Waals surface area contributed by atoms with Gasteiger partial charge in [-0.3, -0.25) is 5.10 Å². The average molecular weight is 463 g/mol. The smallest absolute Gasteiger partial charge is 0.214 e. The van der Waals surface area contributed by atoms with E-state index in [0.29, 0.717) is 13.0 Å². The Bertz CT molecular complexity index is 1340. The van der Waals surface area contributed by atoms with Crippen molar-refractivity contribution in [2.45, 2.75) is 38.8 Å². The van der Waals surface area contributed by atoms with E-state index in [1.54, 1.807) is 4.31 Å². The number of H-pyrrole nitrogens is 1. The van der Waals surface area contributed by atoms with Gasteiger partial charge in [0.25, 0.3) is 0 Å². The summed E-state index contributed by atoms with van der Waals surface area (Å²) in [5.41, 5.74) is 4.05. The van der Waals surface area contributed by atoms with Crippen molar-refractivity contribution in [3.63, 3.8) is 0 Å². The molecule has 33 heavy (non-hydrogen) atoms. The molecule has 1 aliphatic rings. The summed E-state index contributed by atoms with van der Waals surface area (Å²) in [6, 6.07) is 18.4. The van der Waals surface area contributed by atoms with Crippen LogP contribution in [-0.2, 0) is 23.0 Å². The van der Waals surface area contributed by atoms with Crippen LogP contribution < -0.4 is 0 Å².